The molecule has 0 fully saturated rings. The van der Waals surface area contributed by atoms with Crippen molar-refractivity contribution in [3.05, 3.63) is 35.7 Å². The number of imidazole rings is 1. The molecule has 0 aliphatic carbocycles. The van der Waals surface area contributed by atoms with Gasteiger partial charge >= 0.3 is 0 Å². The summed E-state index contributed by atoms with van der Waals surface area (Å²) in [7, 11) is 4.16. The van der Waals surface area contributed by atoms with E-state index in [1.807, 2.05) is 12.1 Å². The molecule has 0 unspecified atom stereocenters. The topological polar surface area (TPSA) is 70.4 Å². The van der Waals surface area contributed by atoms with Crippen LogP contribution in [0.25, 0.3) is 17.1 Å². The summed E-state index contributed by atoms with van der Waals surface area (Å²) in [5, 5.41) is 8.58. The van der Waals surface area contributed by atoms with Crippen molar-refractivity contribution in [2.24, 2.45) is 0 Å². The van der Waals surface area contributed by atoms with Gasteiger partial charge in [-0.3, -0.25) is 10.0 Å². The fourth-order valence-electron chi connectivity index (χ4n) is 2.96. The van der Waals surface area contributed by atoms with Gasteiger partial charge < -0.3 is 9.47 Å². The summed E-state index contributed by atoms with van der Waals surface area (Å²) >= 11 is 0. The molecule has 0 aliphatic heterocycles. The molecule has 6 nitrogen and oxygen atoms in total. The predicted molar refractivity (Wildman–Crippen MR) is 120 cm³/mol. The number of likely N-dealkylation sites (N-methyl/N-ethyl adjacent to an activating group) is 1. The molecule has 2 N–H and O–H groups in total. The molecule has 1 heterocycles. The third-order valence-electron chi connectivity index (χ3n) is 4.41. The van der Waals surface area contributed by atoms with Crippen LogP contribution in [0.3, 0.4) is 0 Å². The van der Waals surface area contributed by atoms with Crippen LogP contribution in [0.15, 0.2) is 24.3 Å². The lowest BCUT2D eigenvalue weighted by atomic mass is 10.1. The van der Waals surface area contributed by atoms with Gasteiger partial charge in [0.1, 0.15) is 5.82 Å². The van der Waals surface area contributed by atoms with Gasteiger partial charge in [-0.2, -0.15) is 0 Å². The maximum Gasteiger partial charge on any atom is 0.267 e. The van der Waals surface area contributed by atoms with Gasteiger partial charge in [0.15, 0.2) is 0 Å². The molecule has 28 heavy (non-hydrogen) atoms. The Kier molecular flexibility index (Phi) is 12.8. The van der Waals surface area contributed by atoms with Crippen LogP contribution >= 0.6 is 24.8 Å². The molecule has 2 rings (SSSR count). The number of unbranched alkanes of at least 4 members (excludes halogenated alkanes) is 3. The van der Waals surface area contributed by atoms with E-state index in [1.54, 1.807) is 11.6 Å². The Labute approximate surface area is 179 Å². The number of amides is 1. The summed E-state index contributed by atoms with van der Waals surface area (Å²) in [5.74, 6) is 0.588. The van der Waals surface area contributed by atoms with Crippen LogP contribution in [0, 0.1) is 0 Å². The van der Waals surface area contributed by atoms with E-state index < -0.39 is 5.91 Å². The molecular formula is C20H32Cl2N4O2. The Balaban J connectivity index is 0.00000364. The van der Waals surface area contributed by atoms with Crippen molar-refractivity contribution in [1.82, 2.24) is 19.9 Å². The van der Waals surface area contributed by atoms with E-state index in [0.29, 0.717) is 0 Å². The van der Waals surface area contributed by atoms with Crippen LogP contribution in [0.2, 0.25) is 0 Å². The van der Waals surface area contributed by atoms with Crippen LogP contribution < -0.4 is 5.48 Å². The average molecular weight is 431 g/mol. The predicted octanol–water partition coefficient (Wildman–Crippen LogP) is 4.08. The van der Waals surface area contributed by atoms with E-state index >= 15 is 0 Å². The van der Waals surface area contributed by atoms with Gasteiger partial charge in [0.25, 0.3) is 5.91 Å². The summed E-state index contributed by atoms with van der Waals surface area (Å²) in [6.45, 7) is 4.10. The molecule has 158 valence electrons. The van der Waals surface area contributed by atoms with Crippen molar-refractivity contribution in [3.8, 4) is 0 Å². The summed E-state index contributed by atoms with van der Waals surface area (Å²) < 4.78 is 2.31. The number of fused-ring (bicyclic) bond motifs is 1. The maximum absolute atomic E-state index is 11.2. The molecule has 0 atom stereocenters. The molecule has 0 radical (unpaired) electrons. The first kappa shape index (κ1) is 26.4. The number of rotatable bonds is 10. The number of aryl methyl sites for hydroxylation is 1. The molecular weight excluding hydrogens is 399 g/mol. The molecule has 1 aromatic carbocycles. The van der Waals surface area contributed by atoms with E-state index in [0.717, 1.165) is 48.4 Å². The van der Waals surface area contributed by atoms with E-state index in [1.165, 1.54) is 25.3 Å². The zero-order valence-corrected chi connectivity index (χ0v) is 18.5. The first-order valence-corrected chi connectivity index (χ1v) is 9.31. The standard InChI is InChI=1S/C20H30N4O2.2ClH/c1-4-5-6-7-8-19-21-17-15-16(10-12-20(25)22-26)9-11-18(17)24(19)14-13-23(2)3;;/h9-12,15,26H,4-8,13-14H2,1-3H3,(H,22,25);2*1H/b12-10+;;. The Bertz CT molecular complexity index is 760. The summed E-state index contributed by atoms with van der Waals surface area (Å²) in [5.41, 5.74) is 4.55. The van der Waals surface area contributed by atoms with E-state index in [2.05, 4.69) is 36.6 Å². The highest BCUT2D eigenvalue weighted by molar-refractivity contribution is 5.91. The molecule has 0 aliphatic rings. The fraction of sp³-hybridized carbons (Fsp3) is 0.500. The minimum atomic E-state index is -0.543. The average Bonchev–Trinajstić information content (AvgIpc) is 2.98. The lowest BCUT2D eigenvalue weighted by Gasteiger charge is -2.13. The van der Waals surface area contributed by atoms with Crippen LogP contribution in [0.1, 0.15) is 44.0 Å². The van der Waals surface area contributed by atoms with Crippen molar-refractivity contribution < 1.29 is 10.0 Å². The third kappa shape index (κ3) is 7.80. The number of carbonyl (C=O) groups is 1. The van der Waals surface area contributed by atoms with Gasteiger partial charge in [-0.1, -0.05) is 32.3 Å². The summed E-state index contributed by atoms with van der Waals surface area (Å²) in [4.78, 5) is 18.2. The number of benzene rings is 1. The summed E-state index contributed by atoms with van der Waals surface area (Å²) in [6, 6.07) is 6.01. The van der Waals surface area contributed by atoms with Crippen LogP contribution in [0.5, 0.6) is 0 Å². The van der Waals surface area contributed by atoms with Crippen molar-refractivity contribution in [2.75, 3.05) is 20.6 Å². The highest BCUT2D eigenvalue weighted by atomic mass is 35.5. The number of hydrogen-bond acceptors (Lipinski definition) is 4. The lowest BCUT2D eigenvalue weighted by Crippen LogP contribution is -2.19. The molecule has 0 spiro atoms. The Morgan fingerprint density at radius 1 is 1.25 bits per heavy atom. The highest BCUT2D eigenvalue weighted by Gasteiger charge is 2.11. The number of hydroxylamine groups is 1. The largest absolute Gasteiger partial charge is 0.327 e. The smallest absolute Gasteiger partial charge is 0.267 e. The maximum atomic E-state index is 11.2. The number of nitrogens with one attached hydrogen (secondary N) is 1. The van der Waals surface area contributed by atoms with E-state index in [-0.39, 0.29) is 24.8 Å². The second-order valence-corrected chi connectivity index (χ2v) is 6.85. The Morgan fingerprint density at radius 3 is 2.64 bits per heavy atom. The molecule has 8 heteroatoms. The molecule has 1 aromatic heterocycles. The number of halogens is 2. The van der Waals surface area contributed by atoms with Crippen LogP contribution in [0.4, 0.5) is 0 Å². The van der Waals surface area contributed by atoms with Gasteiger partial charge in [0, 0.05) is 25.6 Å². The van der Waals surface area contributed by atoms with E-state index in [4.69, 9.17) is 10.2 Å². The van der Waals surface area contributed by atoms with Gasteiger partial charge in [0.05, 0.1) is 11.0 Å². The molecule has 0 saturated carbocycles. The van der Waals surface area contributed by atoms with Crippen molar-refractivity contribution in [3.63, 3.8) is 0 Å². The molecule has 0 bridgehead atoms. The van der Waals surface area contributed by atoms with Crippen LogP contribution in [-0.4, -0.2) is 46.2 Å². The third-order valence-corrected chi connectivity index (χ3v) is 4.41. The Hall–Kier alpha value is -1.60. The van der Waals surface area contributed by atoms with Crippen molar-refractivity contribution in [2.45, 2.75) is 45.6 Å². The lowest BCUT2D eigenvalue weighted by molar-refractivity contribution is -0.124. The van der Waals surface area contributed by atoms with Crippen LogP contribution in [-0.2, 0) is 17.8 Å². The number of aromatic nitrogens is 2. The van der Waals surface area contributed by atoms with Gasteiger partial charge in [0.2, 0.25) is 0 Å². The van der Waals surface area contributed by atoms with E-state index in [9.17, 15) is 4.79 Å². The zero-order valence-electron chi connectivity index (χ0n) is 16.9. The van der Waals surface area contributed by atoms with Gasteiger partial charge in [-0.25, -0.2) is 10.5 Å². The summed E-state index contributed by atoms with van der Waals surface area (Å²) in [6.07, 6.45) is 8.84. The zero-order chi connectivity index (χ0) is 18.9. The fourth-order valence-corrected chi connectivity index (χ4v) is 2.96. The second kappa shape index (κ2) is 13.6. The number of hydrogen-bond donors (Lipinski definition) is 2. The van der Waals surface area contributed by atoms with Gasteiger partial charge in [-0.15, -0.1) is 24.8 Å². The first-order chi connectivity index (χ1) is 12.5. The Morgan fingerprint density at radius 2 is 2.00 bits per heavy atom. The number of nitrogens with zero attached hydrogens (tertiary/aromatic N) is 3. The highest BCUT2D eigenvalue weighted by Crippen LogP contribution is 2.20. The minimum Gasteiger partial charge on any atom is -0.327 e. The molecule has 2 aromatic rings. The number of carbonyl (C=O) groups excluding carboxylic acids is 1. The molecule has 0 saturated heterocycles. The normalized spacial score (nSPS) is 10.9. The second-order valence-electron chi connectivity index (χ2n) is 6.85. The van der Waals surface area contributed by atoms with Crippen molar-refractivity contribution in [1.29, 1.82) is 0 Å². The quantitative estimate of drug-likeness (QED) is 0.257. The monoisotopic (exact) mass is 430 g/mol. The molecule has 1 amide bonds. The minimum absolute atomic E-state index is 0. The SMILES string of the molecule is CCCCCCc1nc2cc(/C=C/C(=O)NO)ccc2n1CCN(C)C.Cl.Cl. The van der Waals surface area contributed by atoms with Crippen molar-refractivity contribution >= 4 is 47.8 Å². The van der Waals surface area contributed by atoms with Gasteiger partial charge in [-0.05, 0) is 44.3 Å². The first-order valence-electron chi connectivity index (χ1n) is 9.31.